The molecular formula is C12H18N2O2. The predicted molar refractivity (Wildman–Crippen MR) is 63.5 cm³/mol. The van der Waals surface area contributed by atoms with Gasteiger partial charge in [0.05, 0.1) is 5.56 Å². The fourth-order valence-corrected chi connectivity index (χ4v) is 1.40. The maximum Gasteiger partial charge on any atom is 0.255 e. The Hall–Kier alpha value is -1.55. The molecule has 16 heavy (non-hydrogen) atoms. The highest BCUT2D eigenvalue weighted by Crippen LogP contribution is 2.17. The van der Waals surface area contributed by atoms with Crippen molar-refractivity contribution in [2.45, 2.75) is 19.8 Å². The Labute approximate surface area is 95.5 Å². The zero-order valence-corrected chi connectivity index (χ0v) is 9.49. The van der Waals surface area contributed by atoms with Crippen LogP contribution in [-0.4, -0.2) is 24.1 Å². The van der Waals surface area contributed by atoms with Crippen LogP contribution in [0.4, 0.5) is 0 Å². The maximum absolute atomic E-state index is 11.7. The predicted octanol–water partition coefficient (Wildman–Crippen LogP) is 1.17. The van der Waals surface area contributed by atoms with Gasteiger partial charge in [-0.15, -0.1) is 0 Å². The van der Waals surface area contributed by atoms with Crippen molar-refractivity contribution in [3.63, 3.8) is 0 Å². The molecule has 0 saturated carbocycles. The third kappa shape index (κ3) is 3.55. The van der Waals surface area contributed by atoms with E-state index in [1.165, 1.54) is 6.07 Å². The number of benzene rings is 1. The van der Waals surface area contributed by atoms with Gasteiger partial charge in [-0.25, -0.2) is 0 Å². The van der Waals surface area contributed by atoms with Gasteiger partial charge in [0.25, 0.3) is 5.91 Å². The number of amides is 1. The second-order valence-electron chi connectivity index (χ2n) is 3.77. The second kappa shape index (κ2) is 6.12. The van der Waals surface area contributed by atoms with Crippen molar-refractivity contribution in [2.24, 2.45) is 5.73 Å². The Bertz CT molecular complexity index is 364. The van der Waals surface area contributed by atoms with E-state index in [0.717, 1.165) is 18.4 Å². The maximum atomic E-state index is 11.7. The van der Waals surface area contributed by atoms with Crippen molar-refractivity contribution in [1.82, 2.24) is 5.32 Å². The number of carbonyl (C=O) groups excluding carboxylic acids is 1. The van der Waals surface area contributed by atoms with Crippen molar-refractivity contribution < 1.29 is 9.90 Å². The first-order valence-electron chi connectivity index (χ1n) is 5.43. The molecule has 0 fully saturated rings. The smallest absolute Gasteiger partial charge is 0.255 e. The van der Waals surface area contributed by atoms with E-state index >= 15 is 0 Å². The normalized spacial score (nSPS) is 10.1. The first kappa shape index (κ1) is 12.5. The van der Waals surface area contributed by atoms with E-state index < -0.39 is 0 Å². The minimum atomic E-state index is -0.238. The van der Waals surface area contributed by atoms with Gasteiger partial charge in [-0.05, 0) is 38.4 Å². The van der Waals surface area contributed by atoms with Gasteiger partial charge < -0.3 is 16.2 Å². The number of unbranched alkanes of at least 4 members (excludes halogenated alkanes) is 1. The van der Waals surface area contributed by atoms with E-state index in [9.17, 15) is 9.90 Å². The first-order valence-corrected chi connectivity index (χ1v) is 5.43. The van der Waals surface area contributed by atoms with Crippen LogP contribution in [0.2, 0.25) is 0 Å². The zero-order valence-electron chi connectivity index (χ0n) is 9.49. The summed E-state index contributed by atoms with van der Waals surface area (Å²) in [7, 11) is 0. The Morgan fingerprint density at radius 2 is 2.19 bits per heavy atom. The molecule has 0 aliphatic carbocycles. The number of hydrogen-bond donors (Lipinski definition) is 3. The van der Waals surface area contributed by atoms with Crippen LogP contribution in [0.5, 0.6) is 5.75 Å². The molecule has 4 N–H and O–H groups in total. The minimum absolute atomic E-state index is 0.0157. The number of nitrogens with one attached hydrogen (secondary N) is 1. The molecule has 0 aromatic heterocycles. The van der Waals surface area contributed by atoms with Crippen LogP contribution in [0, 0.1) is 6.92 Å². The van der Waals surface area contributed by atoms with Crippen molar-refractivity contribution in [3.8, 4) is 5.75 Å². The summed E-state index contributed by atoms with van der Waals surface area (Å²) in [6, 6.07) is 4.97. The van der Waals surface area contributed by atoms with Crippen LogP contribution < -0.4 is 11.1 Å². The summed E-state index contributed by atoms with van der Waals surface area (Å²) in [6.07, 6.45) is 1.74. The summed E-state index contributed by atoms with van der Waals surface area (Å²) in [5.74, 6) is -0.222. The number of rotatable bonds is 5. The fourth-order valence-electron chi connectivity index (χ4n) is 1.40. The van der Waals surface area contributed by atoms with Crippen LogP contribution in [0.3, 0.4) is 0 Å². The molecular weight excluding hydrogens is 204 g/mol. The Balaban J connectivity index is 2.55. The van der Waals surface area contributed by atoms with Crippen LogP contribution in [0.1, 0.15) is 28.8 Å². The lowest BCUT2D eigenvalue weighted by Gasteiger charge is -2.07. The van der Waals surface area contributed by atoms with Gasteiger partial charge in [0.1, 0.15) is 5.75 Å². The van der Waals surface area contributed by atoms with E-state index in [1.807, 2.05) is 6.92 Å². The van der Waals surface area contributed by atoms with Crippen molar-refractivity contribution in [1.29, 1.82) is 0 Å². The monoisotopic (exact) mass is 222 g/mol. The topological polar surface area (TPSA) is 75.3 Å². The highest BCUT2D eigenvalue weighted by molar-refractivity contribution is 5.96. The molecule has 0 saturated heterocycles. The molecule has 0 aliphatic heterocycles. The molecule has 0 spiro atoms. The minimum Gasteiger partial charge on any atom is -0.507 e. The molecule has 4 nitrogen and oxygen atoms in total. The number of carbonyl (C=O) groups is 1. The number of nitrogens with two attached hydrogens (primary N) is 1. The fraction of sp³-hybridized carbons (Fsp3) is 0.417. The van der Waals surface area contributed by atoms with E-state index in [-0.39, 0.29) is 11.7 Å². The molecule has 1 rings (SSSR count). The van der Waals surface area contributed by atoms with Gasteiger partial charge >= 0.3 is 0 Å². The molecule has 88 valence electrons. The Morgan fingerprint density at radius 3 is 2.88 bits per heavy atom. The zero-order chi connectivity index (χ0) is 12.0. The van der Waals surface area contributed by atoms with Gasteiger partial charge in [-0.1, -0.05) is 11.6 Å². The molecule has 4 heteroatoms. The summed E-state index contributed by atoms with van der Waals surface area (Å²) in [4.78, 5) is 11.7. The van der Waals surface area contributed by atoms with Crippen LogP contribution in [0.15, 0.2) is 18.2 Å². The molecule has 0 atom stereocenters. The Morgan fingerprint density at radius 1 is 1.44 bits per heavy atom. The van der Waals surface area contributed by atoms with E-state index in [1.54, 1.807) is 12.1 Å². The van der Waals surface area contributed by atoms with Gasteiger partial charge in [-0.3, -0.25) is 4.79 Å². The summed E-state index contributed by atoms with van der Waals surface area (Å²) in [5, 5.41) is 12.3. The standard InChI is InChI=1S/C12H18N2O2/c1-9-4-5-11(15)10(8-9)12(16)14-7-3-2-6-13/h4-5,8,15H,2-3,6-7,13H2,1H3,(H,14,16). The number of aryl methyl sites for hydroxylation is 1. The summed E-state index contributed by atoms with van der Waals surface area (Å²) in [5.41, 5.74) is 6.62. The SMILES string of the molecule is Cc1ccc(O)c(C(=O)NCCCCN)c1. The van der Waals surface area contributed by atoms with Gasteiger partial charge in [0.2, 0.25) is 0 Å². The van der Waals surface area contributed by atoms with Crippen LogP contribution in [0.25, 0.3) is 0 Å². The van der Waals surface area contributed by atoms with Crippen molar-refractivity contribution in [3.05, 3.63) is 29.3 Å². The van der Waals surface area contributed by atoms with Gasteiger partial charge in [0.15, 0.2) is 0 Å². The quantitative estimate of drug-likeness (QED) is 0.655. The summed E-state index contributed by atoms with van der Waals surface area (Å²) >= 11 is 0. The van der Waals surface area contributed by atoms with Crippen molar-refractivity contribution in [2.75, 3.05) is 13.1 Å². The number of aromatic hydroxyl groups is 1. The van der Waals surface area contributed by atoms with Crippen molar-refractivity contribution >= 4 is 5.91 Å². The number of hydrogen-bond acceptors (Lipinski definition) is 3. The molecule has 0 heterocycles. The molecule has 0 bridgehead atoms. The molecule has 0 unspecified atom stereocenters. The third-order valence-corrected chi connectivity index (χ3v) is 2.31. The lowest BCUT2D eigenvalue weighted by Crippen LogP contribution is -2.25. The second-order valence-corrected chi connectivity index (χ2v) is 3.77. The van der Waals surface area contributed by atoms with E-state index in [2.05, 4.69) is 5.32 Å². The molecule has 0 aliphatic rings. The number of phenols is 1. The molecule has 1 amide bonds. The number of phenolic OH excluding ortho intramolecular Hbond substituents is 1. The van der Waals surface area contributed by atoms with Gasteiger partial charge in [0, 0.05) is 6.54 Å². The third-order valence-electron chi connectivity index (χ3n) is 2.31. The average molecular weight is 222 g/mol. The first-order chi connectivity index (χ1) is 7.65. The largest absolute Gasteiger partial charge is 0.507 e. The molecule has 1 aromatic rings. The average Bonchev–Trinajstić information content (AvgIpc) is 2.27. The van der Waals surface area contributed by atoms with Gasteiger partial charge in [-0.2, -0.15) is 0 Å². The van der Waals surface area contributed by atoms with E-state index in [0.29, 0.717) is 18.7 Å². The highest BCUT2D eigenvalue weighted by atomic mass is 16.3. The lowest BCUT2D eigenvalue weighted by atomic mass is 10.1. The van der Waals surface area contributed by atoms with Crippen LogP contribution in [-0.2, 0) is 0 Å². The highest BCUT2D eigenvalue weighted by Gasteiger charge is 2.09. The van der Waals surface area contributed by atoms with Crippen LogP contribution >= 0.6 is 0 Å². The summed E-state index contributed by atoms with van der Waals surface area (Å²) in [6.45, 7) is 3.10. The van der Waals surface area contributed by atoms with E-state index in [4.69, 9.17) is 5.73 Å². The molecule has 0 radical (unpaired) electrons. The summed E-state index contributed by atoms with van der Waals surface area (Å²) < 4.78 is 0. The lowest BCUT2D eigenvalue weighted by molar-refractivity contribution is 0.0950. The Kier molecular flexibility index (Phi) is 4.79. The molecule has 1 aromatic carbocycles.